The monoisotopic (exact) mass is 250 g/mol. The van der Waals surface area contributed by atoms with Gasteiger partial charge in [0.05, 0.1) is 12.1 Å². The molecule has 1 rings (SSSR count). The minimum Gasteiger partial charge on any atom is -0.211 e. The van der Waals surface area contributed by atoms with Gasteiger partial charge < -0.3 is 0 Å². The third-order valence-corrected chi connectivity index (χ3v) is 3.86. The summed E-state index contributed by atoms with van der Waals surface area (Å²) in [6.07, 6.45) is 10.0. The van der Waals surface area contributed by atoms with Gasteiger partial charge in [-0.2, -0.15) is 0 Å². The second kappa shape index (κ2) is 7.97. The van der Waals surface area contributed by atoms with E-state index in [2.05, 4.69) is 9.98 Å². The highest BCUT2D eigenvalue weighted by Crippen LogP contribution is 2.34. The zero-order chi connectivity index (χ0) is 13.4. The number of aliphatic imine (C=N–C) groups is 2. The molecule has 2 atom stereocenters. The Balaban J connectivity index is 2.28. The van der Waals surface area contributed by atoms with Crippen molar-refractivity contribution >= 4 is 12.2 Å². The molecule has 1 saturated carbocycles. The van der Waals surface area contributed by atoms with E-state index in [1.807, 2.05) is 13.8 Å². The molecule has 0 N–H and O–H groups in total. The number of hydrogen-bond donors (Lipinski definition) is 0. The Hall–Kier alpha value is -1.24. The SMILES string of the molecule is CC(CC1CCC(CC(C)N=C=O)CC1)N=C=O. The third-order valence-electron chi connectivity index (χ3n) is 3.86. The number of hydrogen-bond acceptors (Lipinski definition) is 4. The first-order chi connectivity index (χ1) is 8.65. The van der Waals surface area contributed by atoms with E-state index in [0.717, 1.165) is 12.8 Å². The van der Waals surface area contributed by atoms with Gasteiger partial charge in [0.2, 0.25) is 12.2 Å². The van der Waals surface area contributed by atoms with E-state index in [9.17, 15) is 9.59 Å². The molecule has 4 heteroatoms. The van der Waals surface area contributed by atoms with Gasteiger partial charge in [0.15, 0.2) is 0 Å². The largest absolute Gasteiger partial charge is 0.235 e. The van der Waals surface area contributed by atoms with Crippen LogP contribution in [0, 0.1) is 11.8 Å². The predicted molar refractivity (Wildman–Crippen MR) is 69.8 cm³/mol. The van der Waals surface area contributed by atoms with Crippen molar-refractivity contribution in [1.29, 1.82) is 0 Å². The first-order valence-corrected chi connectivity index (χ1v) is 6.79. The molecule has 4 nitrogen and oxygen atoms in total. The number of rotatable bonds is 6. The van der Waals surface area contributed by atoms with E-state index in [-0.39, 0.29) is 12.1 Å². The third kappa shape index (κ3) is 5.39. The van der Waals surface area contributed by atoms with E-state index in [4.69, 9.17) is 0 Å². The van der Waals surface area contributed by atoms with Crippen molar-refractivity contribution < 1.29 is 9.59 Å². The summed E-state index contributed by atoms with van der Waals surface area (Å²) in [6, 6.07) is 0.199. The summed E-state index contributed by atoms with van der Waals surface area (Å²) in [7, 11) is 0. The summed E-state index contributed by atoms with van der Waals surface area (Å²) in [5, 5.41) is 0. The van der Waals surface area contributed by atoms with Crippen LogP contribution in [0.1, 0.15) is 52.4 Å². The first-order valence-electron chi connectivity index (χ1n) is 6.79. The van der Waals surface area contributed by atoms with Crippen LogP contribution in [0.4, 0.5) is 0 Å². The highest BCUT2D eigenvalue weighted by molar-refractivity contribution is 5.33. The molecule has 0 heterocycles. The lowest BCUT2D eigenvalue weighted by Gasteiger charge is -2.29. The molecule has 0 saturated heterocycles. The smallest absolute Gasteiger partial charge is 0.211 e. The lowest BCUT2D eigenvalue weighted by Crippen LogP contribution is -2.20. The van der Waals surface area contributed by atoms with Gasteiger partial charge in [0.25, 0.3) is 0 Å². The molecular weight excluding hydrogens is 228 g/mol. The minimum absolute atomic E-state index is 0.0997. The molecule has 0 aliphatic heterocycles. The quantitative estimate of drug-likeness (QED) is 0.537. The maximum absolute atomic E-state index is 10.2. The molecule has 100 valence electrons. The number of nitrogens with zero attached hydrogens (tertiary/aromatic N) is 2. The highest BCUT2D eigenvalue weighted by atomic mass is 16.1. The van der Waals surface area contributed by atoms with Gasteiger partial charge in [-0.15, -0.1) is 0 Å². The van der Waals surface area contributed by atoms with Crippen molar-refractivity contribution in [3.63, 3.8) is 0 Å². The van der Waals surface area contributed by atoms with Crippen LogP contribution in [0.25, 0.3) is 0 Å². The molecule has 0 radical (unpaired) electrons. The lowest BCUT2D eigenvalue weighted by molar-refractivity contribution is 0.239. The standard InChI is InChI=1S/C14H22N2O2/c1-11(15-9-17)7-13-3-5-14(6-4-13)8-12(2)16-10-18/h11-14H,3-8H2,1-2H3. The van der Waals surface area contributed by atoms with Crippen molar-refractivity contribution in [2.24, 2.45) is 21.8 Å². The molecule has 0 bridgehead atoms. The van der Waals surface area contributed by atoms with Crippen LogP contribution in [0.5, 0.6) is 0 Å². The Morgan fingerprint density at radius 3 is 1.50 bits per heavy atom. The number of isocyanates is 2. The van der Waals surface area contributed by atoms with Gasteiger partial charge in [0.1, 0.15) is 0 Å². The van der Waals surface area contributed by atoms with Crippen LogP contribution >= 0.6 is 0 Å². The van der Waals surface area contributed by atoms with Crippen molar-refractivity contribution in [3.8, 4) is 0 Å². The Labute approximate surface area is 109 Å². The predicted octanol–water partition coefficient (Wildman–Crippen LogP) is 3.02. The van der Waals surface area contributed by atoms with Crippen molar-refractivity contribution in [1.82, 2.24) is 0 Å². The van der Waals surface area contributed by atoms with Crippen molar-refractivity contribution in [2.75, 3.05) is 0 Å². The molecular formula is C14H22N2O2. The van der Waals surface area contributed by atoms with Crippen LogP contribution in [0.2, 0.25) is 0 Å². The molecule has 0 amide bonds. The molecule has 0 aromatic heterocycles. The van der Waals surface area contributed by atoms with Gasteiger partial charge in [0, 0.05) is 0 Å². The molecule has 0 aromatic rings. The molecule has 1 aliphatic rings. The number of carbonyl (C=O) groups excluding carboxylic acids is 2. The molecule has 2 unspecified atom stereocenters. The van der Waals surface area contributed by atoms with Crippen molar-refractivity contribution in [2.45, 2.75) is 64.5 Å². The Kier molecular flexibility index (Phi) is 6.56. The second-order valence-electron chi connectivity index (χ2n) is 5.50. The van der Waals surface area contributed by atoms with Gasteiger partial charge >= 0.3 is 0 Å². The van der Waals surface area contributed by atoms with Crippen molar-refractivity contribution in [3.05, 3.63) is 0 Å². The summed E-state index contributed by atoms with van der Waals surface area (Å²) in [5.74, 6) is 1.36. The van der Waals surface area contributed by atoms with Gasteiger partial charge in [-0.3, -0.25) is 0 Å². The Bertz CT molecular complexity index is 302. The topological polar surface area (TPSA) is 58.9 Å². The maximum atomic E-state index is 10.2. The fourth-order valence-corrected chi connectivity index (χ4v) is 2.95. The average Bonchev–Trinajstić information content (AvgIpc) is 2.32. The summed E-state index contributed by atoms with van der Waals surface area (Å²) in [6.45, 7) is 3.94. The van der Waals surface area contributed by atoms with Gasteiger partial charge in [-0.25, -0.2) is 19.6 Å². The first kappa shape index (κ1) is 14.8. The van der Waals surface area contributed by atoms with Crippen LogP contribution in [0.15, 0.2) is 9.98 Å². The normalized spacial score (nSPS) is 26.6. The van der Waals surface area contributed by atoms with E-state index in [1.54, 1.807) is 12.2 Å². The zero-order valence-corrected chi connectivity index (χ0v) is 11.3. The molecule has 0 aromatic carbocycles. The van der Waals surface area contributed by atoms with Crippen LogP contribution in [0.3, 0.4) is 0 Å². The van der Waals surface area contributed by atoms with E-state index in [0.29, 0.717) is 11.8 Å². The molecule has 18 heavy (non-hydrogen) atoms. The van der Waals surface area contributed by atoms with Crippen LogP contribution in [-0.2, 0) is 9.59 Å². The second-order valence-corrected chi connectivity index (χ2v) is 5.50. The molecule has 0 spiro atoms. The fourth-order valence-electron chi connectivity index (χ4n) is 2.95. The van der Waals surface area contributed by atoms with Crippen LogP contribution in [-0.4, -0.2) is 24.2 Å². The summed E-state index contributed by atoms with van der Waals surface area (Å²) < 4.78 is 0. The maximum Gasteiger partial charge on any atom is 0.235 e. The van der Waals surface area contributed by atoms with E-state index < -0.39 is 0 Å². The van der Waals surface area contributed by atoms with Gasteiger partial charge in [-0.05, 0) is 38.5 Å². The summed E-state index contributed by atoms with van der Waals surface area (Å²) in [5.41, 5.74) is 0. The molecule has 1 fully saturated rings. The molecule has 1 aliphatic carbocycles. The highest BCUT2D eigenvalue weighted by Gasteiger charge is 2.23. The van der Waals surface area contributed by atoms with E-state index in [1.165, 1.54) is 25.7 Å². The Morgan fingerprint density at radius 2 is 1.22 bits per heavy atom. The lowest BCUT2D eigenvalue weighted by atomic mass is 9.77. The van der Waals surface area contributed by atoms with E-state index >= 15 is 0 Å². The van der Waals surface area contributed by atoms with Crippen LogP contribution < -0.4 is 0 Å². The summed E-state index contributed by atoms with van der Waals surface area (Å²) in [4.78, 5) is 27.8. The van der Waals surface area contributed by atoms with Gasteiger partial charge in [-0.1, -0.05) is 25.7 Å². The fraction of sp³-hybridized carbons (Fsp3) is 0.857. The zero-order valence-electron chi connectivity index (χ0n) is 11.3. The summed E-state index contributed by atoms with van der Waals surface area (Å²) >= 11 is 0. The average molecular weight is 250 g/mol. The minimum atomic E-state index is 0.0997. The Morgan fingerprint density at radius 1 is 0.889 bits per heavy atom.